The van der Waals surface area contributed by atoms with Gasteiger partial charge in [-0.25, -0.2) is 0 Å². The molecular formula is C24H23N3O3. The molecule has 2 N–H and O–H groups in total. The number of fused-ring (bicyclic) bond motifs is 1. The summed E-state index contributed by atoms with van der Waals surface area (Å²) < 4.78 is 5.17. The molecule has 0 fully saturated rings. The number of nitrogens with one attached hydrogen (secondary N) is 1. The highest BCUT2D eigenvalue weighted by molar-refractivity contribution is 6.01. The van der Waals surface area contributed by atoms with Gasteiger partial charge in [-0.15, -0.1) is 0 Å². The molecule has 6 heteroatoms. The van der Waals surface area contributed by atoms with E-state index in [0.29, 0.717) is 18.5 Å². The highest BCUT2D eigenvalue weighted by Gasteiger charge is 2.19. The van der Waals surface area contributed by atoms with Gasteiger partial charge in [0.05, 0.1) is 18.2 Å². The van der Waals surface area contributed by atoms with Gasteiger partial charge in [0.15, 0.2) is 0 Å². The monoisotopic (exact) mass is 401 g/mol. The van der Waals surface area contributed by atoms with Crippen LogP contribution in [0.15, 0.2) is 66.7 Å². The molecule has 3 aromatic carbocycles. The van der Waals surface area contributed by atoms with Crippen molar-refractivity contribution in [2.75, 3.05) is 14.2 Å². The number of phenolic OH excluding ortho intramolecular Hbond substituents is 1. The first-order valence-corrected chi connectivity index (χ1v) is 9.67. The van der Waals surface area contributed by atoms with Gasteiger partial charge in [0, 0.05) is 37.2 Å². The number of carbonyl (C=O) groups is 1. The van der Waals surface area contributed by atoms with Gasteiger partial charge >= 0.3 is 0 Å². The van der Waals surface area contributed by atoms with Crippen LogP contribution in [0.5, 0.6) is 11.5 Å². The van der Waals surface area contributed by atoms with E-state index >= 15 is 0 Å². The quantitative estimate of drug-likeness (QED) is 0.509. The Labute approximate surface area is 174 Å². The van der Waals surface area contributed by atoms with Gasteiger partial charge in [-0.3, -0.25) is 9.89 Å². The molecule has 0 bridgehead atoms. The second-order valence-electron chi connectivity index (χ2n) is 7.26. The highest BCUT2D eigenvalue weighted by atomic mass is 16.5. The summed E-state index contributed by atoms with van der Waals surface area (Å²) in [5, 5.41) is 18.6. The third-order valence-corrected chi connectivity index (χ3v) is 5.13. The number of benzene rings is 3. The second-order valence-corrected chi connectivity index (χ2v) is 7.26. The number of ether oxygens (including phenoxy) is 1. The van der Waals surface area contributed by atoms with E-state index in [1.165, 1.54) is 6.07 Å². The van der Waals surface area contributed by atoms with Gasteiger partial charge in [0.2, 0.25) is 0 Å². The maximum Gasteiger partial charge on any atom is 0.257 e. The zero-order valence-electron chi connectivity index (χ0n) is 16.9. The molecule has 0 unspecified atom stereocenters. The van der Waals surface area contributed by atoms with Crippen molar-refractivity contribution in [3.8, 4) is 11.5 Å². The minimum absolute atomic E-state index is 0.0770. The van der Waals surface area contributed by atoms with Crippen LogP contribution in [0.1, 0.15) is 27.2 Å². The van der Waals surface area contributed by atoms with Gasteiger partial charge in [-0.1, -0.05) is 42.5 Å². The topological polar surface area (TPSA) is 78.5 Å². The first-order chi connectivity index (χ1) is 14.5. The van der Waals surface area contributed by atoms with E-state index in [2.05, 4.69) is 10.2 Å². The van der Waals surface area contributed by atoms with Crippen molar-refractivity contribution in [1.82, 2.24) is 15.1 Å². The minimum atomic E-state index is -0.253. The van der Waals surface area contributed by atoms with E-state index in [4.69, 9.17) is 4.74 Å². The maximum atomic E-state index is 13.0. The van der Waals surface area contributed by atoms with Gasteiger partial charge in [0.1, 0.15) is 11.5 Å². The molecule has 1 heterocycles. The molecule has 0 atom stereocenters. The summed E-state index contributed by atoms with van der Waals surface area (Å²) in [4.78, 5) is 14.6. The Morgan fingerprint density at radius 3 is 2.50 bits per heavy atom. The van der Waals surface area contributed by atoms with E-state index < -0.39 is 0 Å². The van der Waals surface area contributed by atoms with Crippen LogP contribution in [0, 0.1) is 0 Å². The molecule has 0 radical (unpaired) electrons. The van der Waals surface area contributed by atoms with Crippen LogP contribution in [0.3, 0.4) is 0 Å². The number of aromatic hydroxyl groups is 1. The lowest BCUT2D eigenvalue weighted by molar-refractivity contribution is 0.0782. The second kappa shape index (κ2) is 8.29. The fourth-order valence-electron chi connectivity index (χ4n) is 3.49. The number of aromatic nitrogens is 2. The molecule has 4 rings (SSSR count). The molecule has 0 spiro atoms. The highest BCUT2D eigenvalue weighted by Crippen LogP contribution is 2.28. The summed E-state index contributed by atoms with van der Waals surface area (Å²) in [6.45, 7) is 0.419. The van der Waals surface area contributed by atoms with Crippen LogP contribution in [-0.4, -0.2) is 40.3 Å². The molecule has 4 aromatic rings. The zero-order chi connectivity index (χ0) is 21.1. The van der Waals surface area contributed by atoms with E-state index in [0.717, 1.165) is 28.0 Å². The number of rotatable bonds is 6. The molecule has 1 aromatic heterocycles. The first-order valence-electron chi connectivity index (χ1n) is 9.67. The van der Waals surface area contributed by atoms with Gasteiger partial charge in [-0.05, 0) is 29.3 Å². The summed E-state index contributed by atoms with van der Waals surface area (Å²) in [5.41, 5.74) is 3.91. The van der Waals surface area contributed by atoms with Crippen molar-refractivity contribution in [3.63, 3.8) is 0 Å². The van der Waals surface area contributed by atoms with Gasteiger partial charge in [0.25, 0.3) is 5.91 Å². The smallest absolute Gasteiger partial charge is 0.257 e. The number of hydrogen-bond acceptors (Lipinski definition) is 4. The fraction of sp³-hybridized carbons (Fsp3) is 0.167. The first kappa shape index (κ1) is 19.5. The molecule has 0 saturated carbocycles. The van der Waals surface area contributed by atoms with E-state index in [-0.39, 0.29) is 17.2 Å². The minimum Gasteiger partial charge on any atom is -0.507 e. The number of aromatic amines is 1. The van der Waals surface area contributed by atoms with E-state index in [1.54, 1.807) is 25.1 Å². The van der Waals surface area contributed by atoms with Crippen LogP contribution >= 0.6 is 0 Å². The fourth-order valence-corrected chi connectivity index (χ4v) is 3.49. The molecule has 0 aliphatic heterocycles. The van der Waals surface area contributed by atoms with Crippen molar-refractivity contribution in [2.45, 2.75) is 13.0 Å². The zero-order valence-corrected chi connectivity index (χ0v) is 16.9. The average Bonchev–Trinajstić information content (AvgIpc) is 3.15. The Kier molecular flexibility index (Phi) is 5.39. The Morgan fingerprint density at radius 1 is 1.07 bits per heavy atom. The lowest BCUT2D eigenvalue weighted by atomic mass is 10.0. The molecule has 0 aliphatic rings. The van der Waals surface area contributed by atoms with Crippen molar-refractivity contribution in [1.29, 1.82) is 0 Å². The van der Waals surface area contributed by atoms with Crippen LogP contribution in [-0.2, 0) is 13.0 Å². The Hall–Kier alpha value is -3.80. The molecule has 30 heavy (non-hydrogen) atoms. The largest absolute Gasteiger partial charge is 0.507 e. The lowest BCUT2D eigenvalue weighted by Gasteiger charge is -2.18. The number of amides is 1. The number of methoxy groups -OCH3 is 1. The standard InChI is InChI=1S/C24H23N3O3/c1-27(15-17-8-10-18(30-2)11-9-17)24(29)20-13-19-21(12-16-6-4-3-5-7-16)25-26-22(19)14-23(20)28/h3-11,13-14,28H,12,15H2,1-2H3,(H,25,26). The number of nitrogens with zero attached hydrogens (tertiary/aromatic N) is 2. The van der Waals surface area contributed by atoms with Crippen molar-refractivity contribution in [2.24, 2.45) is 0 Å². The molecule has 6 nitrogen and oxygen atoms in total. The van der Waals surface area contributed by atoms with Crippen LogP contribution in [0.4, 0.5) is 0 Å². The number of hydrogen-bond donors (Lipinski definition) is 2. The lowest BCUT2D eigenvalue weighted by Crippen LogP contribution is -2.26. The predicted molar refractivity (Wildman–Crippen MR) is 116 cm³/mol. The van der Waals surface area contributed by atoms with E-state index in [9.17, 15) is 9.90 Å². The molecule has 0 saturated heterocycles. The molecule has 152 valence electrons. The van der Waals surface area contributed by atoms with Crippen molar-refractivity contribution >= 4 is 16.8 Å². The Morgan fingerprint density at radius 2 is 1.80 bits per heavy atom. The summed E-state index contributed by atoms with van der Waals surface area (Å²) in [6, 6.07) is 20.8. The third kappa shape index (κ3) is 3.98. The Balaban J connectivity index is 1.59. The van der Waals surface area contributed by atoms with Crippen LogP contribution in [0.2, 0.25) is 0 Å². The summed E-state index contributed by atoms with van der Waals surface area (Å²) in [6.07, 6.45) is 0.664. The van der Waals surface area contributed by atoms with Crippen molar-refractivity contribution in [3.05, 3.63) is 89.1 Å². The SMILES string of the molecule is COc1ccc(CN(C)C(=O)c2cc3c(Cc4ccccc4)[nH]nc3cc2O)cc1. The third-order valence-electron chi connectivity index (χ3n) is 5.13. The molecular weight excluding hydrogens is 378 g/mol. The van der Waals surface area contributed by atoms with Gasteiger partial charge < -0.3 is 14.7 Å². The summed E-state index contributed by atoms with van der Waals surface area (Å²) in [5.74, 6) is 0.436. The summed E-state index contributed by atoms with van der Waals surface area (Å²) >= 11 is 0. The van der Waals surface area contributed by atoms with E-state index in [1.807, 2.05) is 54.6 Å². The number of carbonyl (C=O) groups excluding carboxylic acids is 1. The van der Waals surface area contributed by atoms with Gasteiger partial charge in [-0.2, -0.15) is 5.10 Å². The Bertz CT molecular complexity index is 1170. The average molecular weight is 401 g/mol. The molecule has 0 aliphatic carbocycles. The van der Waals surface area contributed by atoms with Crippen LogP contribution < -0.4 is 4.74 Å². The van der Waals surface area contributed by atoms with Crippen molar-refractivity contribution < 1.29 is 14.6 Å². The number of H-pyrrole nitrogens is 1. The predicted octanol–water partition coefficient (Wildman–Crippen LogP) is 4.14. The molecule has 1 amide bonds. The normalized spacial score (nSPS) is 10.9. The summed E-state index contributed by atoms with van der Waals surface area (Å²) in [7, 11) is 3.34. The number of phenols is 1. The van der Waals surface area contributed by atoms with Crippen LogP contribution in [0.25, 0.3) is 10.9 Å². The maximum absolute atomic E-state index is 13.0.